The van der Waals surface area contributed by atoms with Crippen LogP contribution in [0.1, 0.15) is 33.1 Å². The standard InChI is InChI=1S/C13H24N2O3S/c1-9(2)6-10(12(16)17)7-14-13(18)15-11-4-3-5-19-8-11/h9-11H,3-8H2,1-2H3,(H,16,17)(H2,14,15,18). The molecule has 1 heterocycles. The second-order valence-corrected chi connectivity index (χ2v) is 6.58. The van der Waals surface area contributed by atoms with Gasteiger partial charge in [-0.25, -0.2) is 4.79 Å². The number of aliphatic carboxylic acids is 1. The van der Waals surface area contributed by atoms with Crippen molar-refractivity contribution in [3.63, 3.8) is 0 Å². The van der Waals surface area contributed by atoms with E-state index >= 15 is 0 Å². The number of carbonyl (C=O) groups excluding carboxylic acids is 1. The lowest BCUT2D eigenvalue weighted by Gasteiger charge is -2.23. The molecule has 0 aliphatic carbocycles. The monoisotopic (exact) mass is 288 g/mol. The van der Waals surface area contributed by atoms with Gasteiger partial charge in [-0.2, -0.15) is 11.8 Å². The first-order valence-corrected chi connectivity index (χ1v) is 7.99. The van der Waals surface area contributed by atoms with Gasteiger partial charge in [0, 0.05) is 18.3 Å². The molecule has 3 N–H and O–H groups in total. The third-order valence-corrected chi connectivity index (χ3v) is 4.33. The maximum atomic E-state index is 11.7. The second-order valence-electron chi connectivity index (χ2n) is 5.43. The summed E-state index contributed by atoms with van der Waals surface area (Å²) in [5, 5.41) is 14.7. The third-order valence-electron chi connectivity index (χ3n) is 3.11. The Balaban J connectivity index is 2.28. The van der Waals surface area contributed by atoms with Crippen LogP contribution in [0.5, 0.6) is 0 Å². The summed E-state index contributed by atoms with van der Waals surface area (Å²) in [4.78, 5) is 22.8. The highest BCUT2D eigenvalue weighted by Crippen LogP contribution is 2.16. The molecule has 1 rings (SSSR count). The summed E-state index contributed by atoms with van der Waals surface area (Å²) in [6, 6.07) is -0.0327. The van der Waals surface area contributed by atoms with Gasteiger partial charge in [-0.05, 0) is 30.9 Å². The maximum absolute atomic E-state index is 11.7. The van der Waals surface area contributed by atoms with Crippen molar-refractivity contribution in [1.29, 1.82) is 0 Å². The molecular formula is C13H24N2O3S. The van der Waals surface area contributed by atoms with Crippen LogP contribution in [0.15, 0.2) is 0 Å². The van der Waals surface area contributed by atoms with Crippen LogP contribution in [0.25, 0.3) is 0 Å². The summed E-state index contributed by atoms with van der Waals surface area (Å²) < 4.78 is 0. The Bertz CT molecular complexity index is 304. The largest absolute Gasteiger partial charge is 0.481 e. The fraction of sp³-hybridized carbons (Fsp3) is 0.846. The van der Waals surface area contributed by atoms with Crippen LogP contribution in [0, 0.1) is 11.8 Å². The third kappa shape index (κ3) is 6.71. The molecular weight excluding hydrogens is 264 g/mol. The van der Waals surface area contributed by atoms with Crippen molar-refractivity contribution in [3.8, 4) is 0 Å². The molecule has 110 valence electrons. The summed E-state index contributed by atoms with van der Waals surface area (Å²) in [6.45, 7) is 4.16. The van der Waals surface area contributed by atoms with Gasteiger partial charge in [0.05, 0.1) is 5.92 Å². The van der Waals surface area contributed by atoms with Gasteiger partial charge in [-0.15, -0.1) is 0 Å². The van der Waals surface area contributed by atoms with E-state index in [2.05, 4.69) is 10.6 Å². The van der Waals surface area contributed by atoms with Crippen LogP contribution >= 0.6 is 11.8 Å². The van der Waals surface area contributed by atoms with Crippen molar-refractivity contribution in [1.82, 2.24) is 10.6 Å². The molecule has 0 aromatic carbocycles. The van der Waals surface area contributed by atoms with E-state index in [0.717, 1.165) is 24.3 Å². The zero-order valence-electron chi connectivity index (χ0n) is 11.6. The predicted octanol–water partition coefficient (Wildman–Crippen LogP) is 1.93. The van der Waals surface area contributed by atoms with Crippen LogP contribution in [0.4, 0.5) is 4.79 Å². The fourth-order valence-corrected chi connectivity index (χ4v) is 3.22. The Morgan fingerprint density at radius 2 is 2.16 bits per heavy atom. The molecule has 0 aromatic heterocycles. The van der Waals surface area contributed by atoms with Crippen LogP contribution in [-0.4, -0.2) is 41.2 Å². The topological polar surface area (TPSA) is 78.4 Å². The molecule has 0 radical (unpaired) electrons. The Morgan fingerprint density at radius 1 is 1.42 bits per heavy atom. The smallest absolute Gasteiger partial charge is 0.315 e. The SMILES string of the molecule is CC(C)CC(CNC(=O)NC1CCCSC1)C(=O)O. The van der Waals surface area contributed by atoms with E-state index < -0.39 is 11.9 Å². The van der Waals surface area contributed by atoms with Gasteiger partial charge in [0.15, 0.2) is 0 Å². The van der Waals surface area contributed by atoms with E-state index in [0.29, 0.717) is 12.3 Å². The minimum atomic E-state index is -0.845. The summed E-state index contributed by atoms with van der Waals surface area (Å²) in [5.74, 6) is 1.06. The lowest BCUT2D eigenvalue weighted by Crippen LogP contribution is -2.46. The molecule has 2 amide bonds. The zero-order valence-corrected chi connectivity index (χ0v) is 12.5. The fourth-order valence-electron chi connectivity index (χ4n) is 2.15. The molecule has 5 nitrogen and oxygen atoms in total. The average Bonchev–Trinajstić information content (AvgIpc) is 2.35. The number of thioether (sulfide) groups is 1. The molecule has 2 unspecified atom stereocenters. The molecule has 2 atom stereocenters. The molecule has 6 heteroatoms. The number of carboxylic acids is 1. The van der Waals surface area contributed by atoms with Gasteiger partial charge in [0.2, 0.25) is 0 Å². The predicted molar refractivity (Wildman–Crippen MR) is 77.5 cm³/mol. The summed E-state index contributed by atoms with van der Waals surface area (Å²) in [6.07, 6.45) is 2.71. The van der Waals surface area contributed by atoms with Crippen LogP contribution in [0.3, 0.4) is 0 Å². The summed E-state index contributed by atoms with van der Waals surface area (Å²) >= 11 is 1.85. The molecule has 0 aromatic rings. The van der Waals surface area contributed by atoms with Gasteiger partial charge in [0.1, 0.15) is 0 Å². The van der Waals surface area contributed by atoms with Crippen molar-refractivity contribution >= 4 is 23.8 Å². The first-order chi connectivity index (χ1) is 8.99. The van der Waals surface area contributed by atoms with Crippen LogP contribution < -0.4 is 10.6 Å². The Labute approximate surface area is 118 Å². The van der Waals surface area contributed by atoms with Gasteiger partial charge < -0.3 is 15.7 Å². The van der Waals surface area contributed by atoms with E-state index in [1.807, 2.05) is 25.6 Å². The minimum Gasteiger partial charge on any atom is -0.481 e. The quantitative estimate of drug-likeness (QED) is 0.698. The van der Waals surface area contributed by atoms with Gasteiger partial charge >= 0.3 is 12.0 Å². The number of amides is 2. The van der Waals surface area contributed by atoms with Crippen molar-refractivity contribution in [2.75, 3.05) is 18.1 Å². The van der Waals surface area contributed by atoms with Crippen LogP contribution in [0.2, 0.25) is 0 Å². The number of carboxylic acid groups (broad SMARTS) is 1. The Kier molecular flexibility index (Phi) is 7.05. The molecule has 0 spiro atoms. The highest BCUT2D eigenvalue weighted by atomic mass is 32.2. The van der Waals surface area contributed by atoms with Gasteiger partial charge in [-0.3, -0.25) is 4.79 Å². The van der Waals surface area contributed by atoms with E-state index in [-0.39, 0.29) is 18.6 Å². The normalized spacial score (nSPS) is 20.9. The number of hydrogen-bond acceptors (Lipinski definition) is 3. The van der Waals surface area contributed by atoms with Crippen molar-refractivity contribution < 1.29 is 14.7 Å². The van der Waals surface area contributed by atoms with Crippen LogP contribution in [-0.2, 0) is 4.79 Å². The maximum Gasteiger partial charge on any atom is 0.315 e. The second kappa shape index (κ2) is 8.30. The van der Waals surface area contributed by atoms with Crippen molar-refractivity contribution in [2.24, 2.45) is 11.8 Å². The summed E-state index contributed by atoms with van der Waals surface area (Å²) in [7, 11) is 0. The first kappa shape index (κ1) is 16.1. The number of carbonyl (C=O) groups is 2. The number of rotatable bonds is 6. The van der Waals surface area contributed by atoms with Gasteiger partial charge in [-0.1, -0.05) is 13.8 Å². The zero-order chi connectivity index (χ0) is 14.3. The average molecular weight is 288 g/mol. The van der Waals surface area contributed by atoms with Gasteiger partial charge in [0.25, 0.3) is 0 Å². The highest BCUT2D eigenvalue weighted by molar-refractivity contribution is 7.99. The van der Waals surface area contributed by atoms with E-state index in [1.165, 1.54) is 0 Å². The first-order valence-electron chi connectivity index (χ1n) is 6.84. The summed E-state index contributed by atoms with van der Waals surface area (Å²) in [5.41, 5.74) is 0. The molecule has 1 aliphatic heterocycles. The highest BCUT2D eigenvalue weighted by Gasteiger charge is 2.21. The van der Waals surface area contributed by atoms with E-state index in [4.69, 9.17) is 5.11 Å². The minimum absolute atomic E-state index is 0.194. The molecule has 0 saturated carbocycles. The molecule has 1 saturated heterocycles. The molecule has 0 bridgehead atoms. The lowest BCUT2D eigenvalue weighted by atomic mass is 9.97. The Hall–Kier alpha value is -0.910. The number of hydrogen-bond donors (Lipinski definition) is 3. The number of nitrogens with one attached hydrogen (secondary N) is 2. The van der Waals surface area contributed by atoms with Crippen molar-refractivity contribution in [3.05, 3.63) is 0 Å². The van der Waals surface area contributed by atoms with Crippen molar-refractivity contribution in [2.45, 2.75) is 39.2 Å². The molecule has 19 heavy (non-hydrogen) atoms. The number of urea groups is 1. The van der Waals surface area contributed by atoms with E-state index in [9.17, 15) is 9.59 Å². The van der Waals surface area contributed by atoms with E-state index in [1.54, 1.807) is 0 Å². The lowest BCUT2D eigenvalue weighted by molar-refractivity contribution is -0.142. The Morgan fingerprint density at radius 3 is 2.68 bits per heavy atom. The molecule has 1 aliphatic rings. The molecule has 1 fully saturated rings.